The Hall–Kier alpha value is -2.84. The summed E-state index contributed by atoms with van der Waals surface area (Å²) in [5.74, 6) is 0.182. The second kappa shape index (κ2) is 7.19. The van der Waals surface area contributed by atoms with E-state index in [1.54, 1.807) is 19.1 Å². The first-order chi connectivity index (χ1) is 12.4. The lowest BCUT2D eigenvalue weighted by Gasteiger charge is -2.11. The molecule has 1 amide bonds. The highest BCUT2D eigenvalue weighted by Gasteiger charge is 2.18. The third kappa shape index (κ3) is 3.42. The molecule has 2 heterocycles. The number of anilines is 2. The Morgan fingerprint density at radius 2 is 2.12 bits per heavy atom. The minimum absolute atomic E-state index is 0.0658. The standard InChI is InChI=1S/C16H13Cl2N5O3/c1-7-10(6-26-23-7)16(24)22-12-5-20-14(15(19)21-12)9-3-8(17)4-11(25-2)13(9)18/h3-6H,1-2H3,(H3,19,21,22,24). The molecule has 134 valence electrons. The Labute approximate surface area is 158 Å². The molecule has 3 aromatic rings. The summed E-state index contributed by atoms with van der Waals surface area (Å²) in [4.78, 5) is 20.6. The van der Waals surface area contributed by atoms with Crippen molar-refractivity contribution in [3.63, 3.8) is 0 Å². The number of hydrogen-bond acceptors (Lipinski definition) is 7. The van der Waals surface area contributed by atoms with Crippen molar-refractivity contribution in [1.82, 2.24) is 15.1 Å². The van der Waals surface area contributed by atoms with E-state index < -0.39 is 5.91 Å². The maximum absolute atomic E-state index is 12.2. The van der Waals surface area contributed by atoms with Gasteiger partial charge in [-0.05, 0) is 13.0 Å². The van der Waals surface area contributed by atoms with E-state index in [-0.39, 0.29) is 17.2 Å². The monoisotopic (exact) mass is 393 g/mol. The zero-order valence-corrected chi connectivity index (χ0v) is 15.2. The van der Waals surface area contributed by atoms with E-state index in [0.29, 0.717) is 32.7 Å². The number of rotatable bonds is 4. The van der Waals surface area contributed by atoms with Gasteiger partial charge in [-0.25, -0.2) is 9.97 Å². The van der Waals surface area contributed by atoms with Gasteiger partial charge < -0.3 is 20.3 Å². The lowest BCUT2D eigenvalue weighted by molar-refractivity contribution is 0.102. The van der Waals surface area contributed by atoms with Crippen molar-refractivity contribution in [2.45, 2.75) is 6.92 Å². The predicted molar refractivity (Wildman–Crippen MR) is 97.6 cm³/mol. The normalized spacial score (nSPS) is 10.6. The summed E-state index contributed by atoms with van der Waals surface area (Å²) in [7, 11) is 1.47. The summed E-state index contributed by atoms with van der Waals surface area (Å²) >= 11 is 12.4. The smallest absolute Gasteiger partial charge is 0.262 e. The fourth-order valence-electron chi connectivity index (χ4n) is 2.25. The summed E-state index contributed by atoms with van der Waals surface area (Å²) in [5, 5.41) is 6.93. The molecular formula is C16H13Cl2N5O3. The van der Waals surface area contributed by atoms with Gasteiger partial charge in [0.25, 0.3) is 5.91 Å². The average Bonchev–Trinajstić information content (AvgIpc) is 3.03. The third-order valence-electron chi connectivity index (χ3n) is 3.51. The zero-order chi connectivity index (χ0) is 18.8. The summed E-state index contributed by atoms with van der Waals surface area (Å²) in [5.41, 5.74) is 7.52. The van der Waals surface area contributed by atoms with Crippen LogP contribution in [-0.2, 0) is 0 Å². The summed E-state index contributed by atoms with van der Waals surface area (Å²) in [6.45, 7) is 1.65. The molecule has 0 fully saturated rings. The minimum atomic E-state index is -0.437. The van der Waals surface area contributed by atoms with Gasteiger partial charge in [-0.1, -0.05) is 28.4 Å². The fraction of sp³-hybridized carbons (Fsp3) is 0.125. The van der Waals surface area contributed by atoms with Crippen LogP contribution in [0, 0.1) is 6.92 Å². The van der Waals surface area contributed by atoms with E-state index in [2.05, 4.69) is 20.4 Å². The fourth-order valence-corrected chi connectivity index (χ4v) is 2.73. The van der Waals surface area contributed by atoms with Gasteiger partial charge in [0, 0.05) is 16.7 Å². The van der Waals surface area contributed by atoms with Gasteiger partial charge in [-0.2, -0.15) is 0 Å². The second-order valence-electron chi connectivity index (χ2n) is 5.23. The Kier molecular flexibility index (Phi) is 4.97. The van der Waals surface area contributed by atoms with Crippen LogP contribution in [0.3, 0.4) is 0 Å². The van der Waals surface area contributed by atoms with E-state index in [4.69, 9.17) is 38.2 Å². The molecule has 0 aliphatic heterocycles. The molecule has 0 bridgehead atoms. The Bertz CT molecular complexity index is 990. The summed E-state index contributed by atoms with van der Waals surface area (Å²) in [6.07, 6.45) is 2.60. The van der Waals surface area contributed by atoms with Crippen molar-refractivity contribution in [2.75, 3.05) is 18.2 Å². The van der Waals surface area contributed by atoms with Crippen molar-refractivity contribution >= 4 is 40.7 Å². The number of ether oxygens (including phenoxy) is 1. The molecule has 0 aliphatic carbocycles. The van der Waals surface area contributed by atoms with Crippen molar-refractivity contribution in [3.8, 4) is 17.0 Å². The van der Waals surface area contributed by atoms with Gasteiger partial charge in [0.2, 0.25) is 0 Å². The second-order valence-corrected chi connectivity index (χ2v) is 6.04. The highest BCUT2D eigenvalue weighted by molar-refractivity contribution is 6.36. The van der Waals surface area contributed by atoms with Crippen LogP contribution in [0.4, 0.5) is 11.6 Å². The Morgan fingerprint density at radius 1 is 1.35 bits per heavy atom. The number of nitrogen functional groups attached to an aromatic ring is 1. The Balaban J connectivity index is 1.93. The van der Waals surface area contributed by atoms with E-state index in [1.165, 1.54) is 19.6 Å². The zero-order valence-electron chi connectivity index (χ0n) is 13.7. The predicted octanol–water partition coefficient (Wildman–Crippen LogP) is 3.59. The van der Waals surface area contributed by atoms with Crippen LogP contribution in [0.2, 0.25) is 10.0 Å². The van der Waals surface area contributed by atoms with Crippen LogP contribution in [0.5, 0.6) is 5.75 Å². The van der Waals surface area contributed by atoms with E-state index in [0.717, 1.165) is 0 Å². The molecule has 0 spiro atoms. The highest BCUT2D eigenvalue weighted by atomic mass is 35.5. The average molecular weight is 394 g/mol. The summed E-state index contributed by atoms with van der Waals surface area (Å²) < 4.78 is 9.92. The topological polar surface area (TPSA) is 116 Å². The van der Waals surface area contributed by atoms with Gasteiger partial charge >= 0.3 is 0 Å². The number of aryl methyl sites for hydroxylation is 1. The molecule has 3 N–H and O–H groups in total. The van der Waals surface area contributed by atoms with Crippen LogP contribution < -0.4 is 15.8 Å². The van der Waals surface area contributed by atoms with Crippen LogP contribution in [-0.4, -0.2) is 28.1 Å². The van der Waals surface area contributed by atoms with Gasteiger partial charge in [-0.15, -0.1) is 0 Å². The number of carbonyl (C=O) groups is 1. The van der Waals surface area contributed by atoms with Gasteiger partial charge in [-0.3, -0.25) is 4.79 Å². The van der Waals surface area contributed by atoms with Gasteiger partial charge in [0.15, 0.2) is 11.6 Å². The Morgan fingerprint density at radius 3 is 2.73 bits per heavy atom. The molecule has 3 rings (SSSR count). The van der Waals surface area contributed by atoms with E-state index in [1.807, 2.05) is 0 Å². The SMILES string of the molecule is COc1cc(Cl)cc(-c2ncc(NC(=O)c3conc3C)nc2N)c1Cl. The number of amides is 1. The number of methoxy groups -OCH3 is 1. The maximum Gasteiger partial charge on any atom is 0.262 e. The molecule has 8 nitrogen and oxygen atoms in total. The molecule has 0 saturated carbocycles. The molecule has 1 aromatic carbocycles. The summed E-state index contributed by atoms with van der Waals surface area (Å²) in [6, 6.07) is 3.18. The molecule has 0 aliphatic rings. The van der Waals surface area contributed by atoms with Crippen molar-refractivity contribution in [1.29, 1.82) is 0 Å². The van der Waals surface area contributed by atoms with Crippen molar-refractivity contribution < 1.29 is 14.1 Å². The number of nitrogens with two attached hydrogens (primary N) is 1. The lowest BCUT2D eigenvalue weighted by Crippen LogP contribution is -2.14. The van der Waals surface area contributed by atoms with Crippen LogP contribution in [0.1, 0.15) is 16.1 Å². The lowest BCUT2D eigenvalue weighted by atomic mass is 10.1. The number of benzene rings is 1. The third-order valence-corrected chi connectivity index (χ3v) is 4.12. The number of nitrogens with one attached hydrogen (secondary N) is 1. The first-order valence-corrected chi connectivity index (χ1v) is 8.04. The van der Waals surface area contributed by atoms with Gasteiger partial charge in [0.1, 0.15) is 23.3 Å². The van der Waals surface area contributed by atoms with E-state index >= 15 is 0 Å². The largest absolute Gasteiger partial charge is 0.495 e. The molecule has 2 aromatic heterocycles. The number of halogens is 2. The first-order valence-electron chi connectivity index (χ1n) is 7.29. The molecule has 0 saturated heterocycles. The minimum Gasteiger partial charge on any atom is -0.495 e. The van der Waals surface area contributed by atoms with Crippen LogP contribution in [0.15, 0.2) is 29.1 Å². The van der Waals surface area contributed by atoms with Gasteiger partial charge in [0.05, 0.1) is 24.0 Å². The quantitative estimate of drug-likeness (QED) is 0.695. The molecule has 0 radical (unpaired) electrons. The molecular weight excluding hydrogens is 381 g/mol. The first kappa shape index (κ1) is 18.0. The highest BCUT2D eigenvalue weighted by Crippen LogP contribution is 2.39. The van der Waals surface area contributed by atoms with Crippen molar-refractivity contribution in [3.05, 3.63) is 45.9 Å². The van der Waals surface area contributed by atoms with Crippen LogP contribution in [0.25, 0.3) is 11.3 Å². The molecule has 0 atom stereocenters. The molecule has 10 heteroatoms. The number of hydrogen-bond donors (Lipinski definition) is 2. The molecule has 26 heavy (non-hydrogen) atoms. The number of carbonyl (C=O) groups excluding carboxylic acids is 1. The number of nitrogens with zero attached hydrogens (tertiary/aromatic N) is 3. The maximum atomic E-state index is 12.2. The van der Waals surface area contributed by atoms with E-state index in [9.17, 15) is 4.79 Å². The van der Waals surface area contributed by atoms with Crippen LogP contribution >= 0.6 is 23.2 Å². The van der Waals surface area contributed by atoms with Crippen molar-refractivity contribution in [2.24, 2.45) is 0 Å². The number of aromatic nitrogens is 3. The molecule has 0 unspecified atom stereocenters.